The smallest absolute Gasteiger partial charge is 0.0588 e. The SMILES string of the molecule is CN1CCCC(C2(c3cccc(CN)c3)COC2)C1. The molecule has 2 N–H and O–H groups in total. The first kappa shape index (κ1) is 13.1. The van der Waals surface area contributed by atoms with Crippen molar-refractivity contribution in [2.24, 2.45) is 11.7 Å². The van der Waals surface area contributed by atoms with E-state index in [1.54, 1.807) is 0 Å². The van der Waals surface area contributed by atoms with Crippen molar-refractivity contribution < 1.29 is 4.74 Å². The zero-order chi connectivity index (χ0) is 13.3. The number of likely N-dealkylation sites (tertiary alicyclic amines) is 1. The molecule has 0 radical (unpaired) electrons. The van der Waals surface area contributed by atoms with E-state index in [4.69, 9.17) is 10.5 Å². The molecule has 1 aromatic rings. The first-order valence-corrected chi connectivity index (χ1v) is 7.30. The minimum Gasteiger partial charge on any atom is -0.379 e. The monoisotopic (exact) mass is 260 g/mol. The average molecular weight is 260 g/mol. The summed E-state index contributed by atoms with van der Waals surface area (Å²) in [5, 5.41) is 0. The van der Waals surface area contributed by atoms with Gasteiger partial charge in [-0.05, 0) is 43.5 Å². The molecule has 2 saturated heterocycles. The molecule has 0 aliphatic carbocycles. The second-order valence-corrected chi connectivity index (χ2v) is 6.15. The highest BCUT2D eigenvalue weighted by molar-refractivity contribution is 5.33. The van der Waals surface area contributed by atoms with Crippen molar-refractivity contribution in [3.8, 4) is 0 Å². The number of nitrogens with two attached hydrogens (primary N) is 1. The number of ether oxygens (including phenoxy) is 1. The maximum absolute atomic E-state index is 5.78. The van der Waals surface area contributed by atoms with E-state index in [-0.39, 0.29) is 5.41 Å². The summed E-state index contributed by atoms with van der Waals surface area (Å²) in [5.41, 5.74) is 8.68. The van der Waals surface area contributed by atoms with Crippen LogP contribution in [0.3, 0.4) is 0 Å². The lowest BCUT2D eigenvalue weighted by atomic mass is 9.66. The molecular weight excluding hydrogens is 236 g/mol. The van der Waals surface area contributed by atoms with E-state index in [9.17, 15) is 0 Å². The number of benzene rings is 1. The number of rotatable bonds is 3. The van der Waals surface area contributed by atoms with Gasteiger partial charge >= 0.3 is 0 Å². The largest absolute Gasteiger partial charge is 0.379 e. The van der Waals surface area contributed by atoms with Crippen LogP contribution in [0.1, 0.15) is 24.0 Å². The maximum atomic E-state index is 5.78. The summed E-state index contributed by atoms with van der Waals surface area (Å²) in [7, 11) is 2.23. The lowest BCUT2D eigenvalue weighted by molar-refractivity contribution is -0.102. The number of nitrogens with zero attached hydrogens (tertiary/aromatic N) is 1. The topological polar surface area (TPSA) is 38.5 Å². The van der Waals surface area contributed by atoms with Crippen LogP contribution in [-0.4, -0.2) is 38.3 Å². The van der Waals surface area contributed by atoms with Gasteiger partial charge in [0.15, 0.2) is 0 Å². The van der Waals surface area contributed by atoms with E-state index in [0.29, 0.717) is 12.5 Å². The molecule has 3 rings (SSSR count). The number of hydrogen-bond donors (Lipinski definition) is 1. The van der Waals surface area contributed by atoms with Crippen LogP contribution < -0.4 is 5.73 Å². The second kappa shape index (κ2) is 5.23. The van der Waals surface area contributed by atoms with Gasteiger partial charge in [-0.15, -0.1) is 0 Å². The first-order valence-electron chi connectivity index (χ1n) is 7.30. The van der Waals surface area contributed by atoms with Crippen LogP contribution in [0.15, 0.2) is 24.3 Å². The van der Waals surface area contributed by atoms with Crippen LogP contribution in [0, 0.1) is 5.92 Å². The van der Waals surface area contributed by atoms with Crippen LogP contribution in [0.5, 0.6) is 0 Å². The Kier molecular flexibility index (Phi) is 3.61. The fourth-order valence-corrected chi connectivity index (χ4v) is 3.59. The average Bonchev–Trinajstić information content (AvgIpc) is 2.38. The summed E-state index contributed by atoms with van der Waals surface area (Å²) in [6.07, 6.45) is 2.63. The fraction of sp³-hybridized carbons (Fsp3) is 0.625. The first-order chi connectivity index (χ1) is 9.24. The van der Waals surface area contributed by atoms with Crippen molar-refractivity contribution >= 4 is 0 Å². The van der Waals surface area contributed by atoms with Gasteiger partial charge in [0.25, 0.3) is 0 Å². The third-order valence-electron chi connectivity index (χ3n) is 4.86. The normalized spacial score (nSPS) is 26.9. The Bertz CT molecular complexity index is 442. The van der Waals surface area contributed by atoms with Crippen LogP contribution in [0.2, 0.25) is 0 Å². The molecule has 1 aromatic carbocycles. The molecule has 0 aromatic heterocycles. The van der Waals surface area contributed by atoms with Crippen molar-refractivity contribution in [3.05, 3.63) is 35.4 Å². The molecule has 1 unspecified atom stereocenters. The van der Waals surface area contributed by atoms with Gasteiger partial charge in [-0.3, -0.25) is 0 Å². The quantitative estimate of drug-likeness (QED) is 0.900. The predicted molar refractivity (Wildman–Crippen MR) is 77.1 cm³/mol. The number of hydrogen-bond acceptors (Lipinski definition) is 3. The molecular formula is C16H24N2O. The zero-order valence-electron chi connectivity index (χ0n) is 11.8. The highest BCUT2D eigenvalue weighted by Crippen LogP contribution is 2.43. The Morgan fingerprint density at radius 2 is 2.26 bits per heavy atom. The van der Waals surface area contributed by atoms with E-state index in [2.05, 4.69) is 36.2 Å². The van der Waals surface area contributed by atoms with E-state index in [0.717, 1.165) is 13.2 Å². The molecule has 3 heteroatoms. The molecule has 2 heterocycles. The lowest BCUT2D eigenvalue weighted by Gasteiger charge is -2.50. The molecule has 1 atom stereocenters. The van der Waals surface area contributed by atoms with E-state index < -0.39 is 0 Å². The number of piperidine rings is 1. The van der Waals surface area contributed by atoms with Crippen molar-refractivity contribution in [1.82, 2.24) is 4.90 Å². The fourth-order valence-electron chi connectivity index (χ4n) is 3.59. The van der Waals surface area contributed by atoms with Crippen molar-refractivity contribution in [2.45, 2.75) is 24.8 Å². The Hall–Kier alpha value is -0.900. The minimum absolute atomic E-state index is 0.236. The van der Waals surface area contributed by atoms with Gasteiger partial charge in [-0.1, -0.05) is 24.3 Å². The van der Waals surface area contributed by atoms with Gasteiger partial charge < -0.3 is 15.4 Å². The Morgan fingerprint density at radius 3 is 2.89 bits per heavy atom. The van der Waals surface area contributed by atoms with Gasteiger partial charge in [0.05, 0.1) is 13.2 Å². The van der Waals surface area contributed by atoms with Gasteiger partial charge in [-0.25, -0.2) is 0 Å². The molecule has 3 nitrogen and oxygen atoms in total. The minimum atomic E-state index is 0.236. The van der Waals surface area contributed by atoms with Crippen LogP contribution in [-0.2, 0) is 16.7 Å². The molecule has 2 aliphatic rings. The summed E-state index contributed by atoms with van der Waals surface area (Å²) < 4.78 is 5.60. The highest BCUT2D eigenvalue weighted by Gasteiger charge is 2.47. The summed E-state index contributed by atoms with van der Waals surface area (Å²) in [6.45, 7) is 4.79. The summed E-state index contributed by atoms with van der Waals surface area (Å²) in [5.74, 6) is 0.716. The van der Waals surface area contributed by atoms with Gasteiger partial charge in [0, 0.05) is 18.5 Å². The third kappa shape index (κ3) is 2.31. The second-order valence-electron chi connectivity index (χ2n) is 6.15. The summed E-state index contributed by atoms with van der Waals surface area (Å²) in [6, 6.07) is 8.81. The Labute approximate surface area is 115 Å². The molecule has 2 aliphatic heterocycles. The zero-order valence-corrected chi connectivity index (χ0v) is 11.8. The van der Waals surface area contributed by atoms with Crippen LogP contribution in [0.4, 0.5) is 0 Å². The summed E-state index contributed by atoms with van der Waals surface area (Å²) >= 11 is 0. The van der Waals surface area contributed by atoms with Crippen molar-refractivity contribution in [3.63, 3.8) is 0 Å². The molecule has 0 bridgehead atoms. The molecule has 0 spiro atoms. The Morgan fingerprint density at radius 1 is 1.42 bits per heavy atom. The van der Waals surface area contributed by atoms with Crippen LogP contribution >= 0.6 is 0 Å². The Balaban J connectivity index is 1.89. The van der Waals surface area contributed by atoms with Crippen LogP contribution in [0.25, 0.3) is 0 Å². The molecule has 0 saturated carbocycles. The van der Waals surface area contributed by atoms with E-state index in [1.165, 1.54) is 37.1 Å². The highest BCUT2D eigenvalue weighted by atomic mass is 16.5. The van der Waals surface area contributed by atoms with E-state index in [1.807, 2.05) is 0 Å². The van der Waals surface area contributed by atoms with Crippen molar-refractivity contribution in [2.75, 3.05) is 33.4 Å². The lowest BCUT2D eigenvalue weighted by Crippen LogP contribution is -2.56. The molecule has 104 valence electrons. The summed E-state index contributed by atoms with van der Waals surface area (Å²) in [4.78, 5) is 2.46. The standard InChI is InChI=1S/C16H24N2O/c1-18-7-3-6-15(10-18)16(11-19-12-16)14-5-2-4-13(8-14)9-17/h2,4-5,8,15H,3,6-7,9-12,17H2,1H3. The molecule has 19 heavy (non-hydrogen) atoms. The maximum Gasteiger partial charge on any atom is 0.0588 e. The molecule has 2 fully saturated rings. The molecule has 0 amide bonds. The third-order valence-corrected chi connectivity index (χ3v) is 4.86. The van der Waals surface area contributed by atoms with Gasteiger partial charge in [0.1, 0.15) is 0 Å². The van der Waals surface area contributed by atoms with Gasteiger partial charge in [-0.2, -0.15) is 0 Å². The predicted octanol–water partition coefficient (Wildman–Crippen LogP) is 1.76. The van der Waals surface area contributed by atoms with E-state index >= 15 is 0 Å². The van der Waals surface area contributed by atoms with Gasteiger partial charge in [0.2, 0.25) is 0 Å². The van der Waals surface area contributed by atoms with Crippen molar-refractivity contribution in [1.29, 1.82) is 0 Å².